The second-order valence-corrected chi connectivity index (χ2v) is 5.97. The summed E-state index contributed by atoms with van der Waals surface area (Å²) in [5.41, 5.74) is 3.63. The average Bonchev–Trinajstić information content (AvgIpc) is 2.67. The molecule has 1 unspecified atom stereocenters. The lowest BCUT2D eigenvalue weighted by atomic mass is 10.0. The molecule has 84 valence electrons. The third-order valence-electron chi connectivity index (χ3n) is 3.04. The summed E-state index contributed by atoms with van der Waals surface area (Å²) in [6.45, 7) is 4.38. The SMILES string of the molecule is Cc1nc2c(s1)CC(C)Cc1nn(C)cc1-2. The Morgan fingerprint density at radius 2 is 2.25 bits per heavy atom. The van der Waals surface area contributed by atoms with Crippen LogP contribution in [0.25, 0.3) is 11.3 Å². The van der Waals surface area contributed by atoms with Gasteiger partial charge in [-0.1, -0.05) is 6.92 Å². The van der Waals surface area contributed by atoms with Gasteiger partial charge >= 0.3 is 0 Å². The van der Waals surface area contributed by atoms with Gasteiger partial charge in [0.05, 0.1) is 16.4 Å². The van der Waals surface area contributed by atoms with Crippen molar-refractivity contribution in [3.63, 3.8) is 0 Å². The Bertz CT molecular complexity index is 490. The van der Waals surface area contributed by atoms with Crippen molar-refractivity contribution >= 4 is 11.3 Å². The molecule has 0 saturated heterocycles. The molecule has 0 radical (unpaired) electrons. The minimum absolute atomic E-state index is 0.662. The molecule has 0 bridgehead atoms. The topological polar surface area (TPSA) is 30.7 Å². The van der Waals surface area contributed by atoms with E-state index in [1.54, 1.807) is 0 Å². The number of aryl methyl sites for hydroxylation is 2. The van der Waals surface area contributed by atoms with Gasteiger partial charge in [0, 0.05) is 23.7 Å². The van der Waals surface area contributed by atoms with E-state index in [1.807, 2.05) is 23.1 Å². The number of thiazole rings is 1. The van der Waals surface area contributed by atoms with E-state index in [1.165, 1.54) is 21.8 Å². The molecule has 3 rings (SSSR count). The summed E-state index contributed by atoms with van der Waals surface area (Å²) in [4.78, 5) is 6.09. The van der Waals surface area contributed by atoms with Crippen molar-refractivity contribution in [2.75, 3.05) is 0 Å². The number of nitrogens with zero attached hydrogens (tertiary/aromatic N) is 3. The van der Waals surface area contributed by atoms with Crippen LogP contribution in [0.15, 0.2) is 6.20 Å². The Balaban J connectivity index is 2.24. The zero-order valence-corrected chi connectivity index (χ0v) is 10.6. The van der Waals surface area contributed by atoms with Crippen molar-refractivity contribution in [1.29, 1.82) is 0 Å². The highest BCUT2D eigenvalue weighted by Crippen LogP contribution is 2.36. The second-order valence-electron chi connectivity index (χ2n) is 4.68. The van der Waals surface area contributed by atoms with E-state index in [2.05, 4.69) is 30.1 Å². The first-order valence-electron chi connectivity index (χ1n) is 5.62. The van der Waals surface area contributed by atoms with Gasteiger partial charge in [0.1, 0.15) is 0 Å². The zero-order valence-electron chi connectivity index (χ0n) is 9.82. The van der Waals surface area contributed by atoms with Gasteiger partial charge in [-0.3, -0.25) is 4.68 Å². The van der Waals surface area contributed by atoms with Crippen molar-refractivity contribution in [3.05, 3.63) is 21.8 Å². The fourth-order valence-electron chi connectivity index (χ4n) is 2.42. The third kappa shape index (κ3) is 1.48. The molecular weight excluding hydrogens is 218 g/mol. The van der Waals surface area contributed by atoms with Crippen LogP contribution in [-0.2, 0) is 19.9 Å². The molecule has 2 heterocycles. The van der Waals surface area contributed by atoms with E-state index < -0.39 is 0 Å². The summed E-state index contributed by atoms with van der Waals surface area (Å²) in [7, 11) is 1.98. The van der Waals surface area contributed by atoms with Gasteiger partial charge in [0.25, 0.3) is 0 Å². The maximum Gasteiger partial charge on any atom is 0.0904 e. The van der Waals surface area contributed by atoms with Crippen molar-refractivity contribution in [3.8, 4) is 11.3 Å². The molecule has 0 amide bonds. The molecule has 4 heteroatoms. The van der Waals surface area contributed by atoms with E-state index in [9.17, 15) is 0 Å². The van der Waals surface area contributed by atoms with Crippen LogP contribution in [0, 0.1) is 12.8 Å². The molecule has 0 N–H and O–H groups in total. The lowest BCUT2D eigenvalue weighted by molar-refractivity contribution is 0.571. The van der Waals surface area contributed by atoms with Crippen LogP contribution in [0.2, 0.25) is 0 Å². The van der Waals surface area contributed by atoms with Crippen LogP contribution in [0.3, 0.4) is 0 Å². The van der Waals surface area contributed by atoms with Crippen LogP contribution < -0.4 is 0 Å². The Labute approximate surface area is 99.1 Å². The highest BCUT2D eigenvalue weighted by molar-refractivity contribution is 7.12. The summed E-state index contributed by atoms with van der Waals surface area (Å²) in [6, 6.07) is 0. The predicted octanol–water partition coefficient (Wildman–Crippen LogP) is 2.59. The van der Waals surface area contributed by atoms with Gasteiger partial charge in [-0.15, -0.1) is 11.3 Å². The fraction of sp³-hybridized carbons (Fsp3) is 0.500. The highest BCUT2D eigenvalue weighted by Gasteiger charge is 2.24. The highest BCUT2D eigenvalue weighted by atomic mass is 32.1. The van der Waals surface area contributed by atoms with E-state index in [-0.39, 0.29) is 0 Å². The van der Waals surface area contributed by atoms with Gasteiger partial charge in [0.15, 0.2) is 0 Å². The minimum Gasteiger partial charge on any atom is -0.275 e. The number of hydrogen-bond acceptors (Lipinski definition) is 3. The third-order valence-corrected chi connectivity index (χ3v) is 4.03. The molecule has 3 nitrogen and oxygen atoms in total. The van der Waals surface area contributed by atoms with Crippen molar-refractivity contribution in [1.82, 2.24) is 14.8 Å². The maximum absolute atomic E-state index is 4.67. The number of rotatable bonds is 0. The molecule has 0 saturated carbocycles. The van der Waals surface area contributed by atoms with Gasteiger partial charge in [-0.05, 0) is 25.7 Å². The molecule has 1 atom stereocenters. The summed E-state index contributed by atoms with van der Waals surface area (Å²) in [5, 5.41) is 5.71. The van der Waals surface area contributed by atoms with E-state index >= 15 is 0 Å². The smallest absolute Gasteiger partial charge is 0.0904 e. The Morgan fingerprint density at radius 1 is 1.44 bits per heavy atom. The van der Waals surface area contributed by atoms with Crippen LogP contribution >= 0.6 is 11.3 Å². The van der Waals surface area contributed by atoms with Crippen LogP contribution in [-0.4, -0.2) is 14.8 Å². The standard InChI is InChI=1S/C12H15N3S/c1-7-4-10-9(6-15(3)14-10)12-11(5-7)16-8(2)13-12/h6-7H,4-5H2,1-3H3. The van der Waals surface area contributed by atoms with E-state index in [0.29, 0.717) is 5.92 Å². The lowest BCUT2D eigenvalue weighted by Crippen LogP contribution is -2.02. The fourth-order valence-corrected chi connectivity index (χ4v) is 3.53. The molecule has 0 aromatic carbocycles. The molecule has 1 aliphatic rings. The largest absolute Gasteiger partial charge is 0.275 e. The van der Waals surface area contributed by atoms with Gasteiger partial charge in [-0.2, -0.15) is 5.10 Å². The summed E-state index contributed by atoms with van der Waals surface area (Å²) >= 11 is 1.83. The maximum atomic E-state index is 4.67. The van der Waals surface area contributed by atoms with Gasteiger partial charge in [0.2, 0.25) is 0 Å². The minimum atomic E-state index is 0.662. The number of aromatic nitrogens is 3. The molecule has 0 aliphatic heterocycles. The summed E-state index contributed by atoms with van der Waals surface area (Å²) in [5.74, 6) is 0.662. The summed E-state index contributed by atoms with van der Waals surface area (Å²) in [6.07, 6.45) is 4.31. The quantitative estimate of drug-likeness (QED) is 0.700. The molecule has 16 heavy (non-hydrogen) atoms. The van der Waals surface area contributed by atoms with Crippen molar-refractivity contribution < 1.29 is 0 Å². The second kappa shape index (κ2) is 3.42. The molecular formula is C12H15N3S. The van der Waals surface area contributed by atoms with Crippen LogP contribution in [0.1, 0.15) is 22.5 Å². The van der Waals surface area contributed by atoms with Crippen LogP contribution in [0.4, 0.5) is 0 Å². The Hall–Kier alpha value is -1.16. The molecule has 2 aromatic heterocycles. The van der Waals surface area contributed by atoms with Crippen LogP contribution in [0.5, 0.6) is 0 Å². The van der Waals surface area contributed by atoms with Gasteiger partial charge < -0.3 is 0 Å². The van der Waals surface area contributed by atoms with E-state index in [4.69, 9.17) is 0 Å². The Morgan fingerprint density at radius 3 is 3.06 bits per heavy atom. The molecule has 1 aliphatic carbocycles. The predicted molar refractivity (Wildman–Crippen MR) is 65.6 cm³/mol. The van der Waals surface area contributed by atoms with Gasteiger partial charge in [-0.25, -0.2) is 4.98 Å². The molecule has 2 aromatic rings. The zero-order chi connectivity index (χ0) is 11.3. The van der Waals surface area contributed by atoms with Crippen molar-refractivity contribution in [2.24, 2.45) is 13.0 Å². The monoisotopic (exact) mass is 233 g/mol. The van der Waals surface area contributed by atoms with E-state index in [0.717, 1.165) is 17.8 Å². The first kappa shape index (κ1) is 10.0. The Kier molecular flexibility index (Phi) is 2.14. The average molecular weight is 233 g/mol. The number of fused-ring (bicyclic) bond motifs is 3. The lowest BCUT2D eigenvalue weighted by Gasteiger charge is -2.04. The summed E-state index contributed by atoms with van der Waals surface area (Å²) < 4.78 is 1.90. The van der Waals surface area contributed by atoms with Crippen molar-refractivity contribution in [2.45, 2.75) is 26.7 Å². The number of hydrogen-bond donors (Lipinski definition) is 0. The first-order chi connectivity index (χ1) is 7.63. The normalized spacial score (nSPS) is 19.1. The first-order valence-corrected chi connectivity index (χ1v) is 6.44. The molecule has 0 spiro atoms. The molecule has 0 fully saturated rings.